The van der Waals surface area contributed by atoms with Crippen LogP contribution in [0, 0.1) is 0 Å². The third-order valence-corrected chi connectivity index (χ3v) is 3.43. The molecule has 114 valence electrons. The number of carboxylic acid groups (broad SMARTS) is 1. The number of aliphatic carboxylic acids is 1. The van der Waals surface area contributed by atoms with Gasteiger partial charge in [-0.05, 0) is 26.3 Å². The van der Waals surface area contributed by atoms with Crippen molar-refractivity contribution in [3.05, 3.63) is 35.9 Å². The van der Waals surface area contributed by atoms with Crippen LogP contribution in [0.2, 0.25) is 0 Å². The molecule has 1 heterocycles. The van der Waals surface area contributed by atoms with Crippen LogP contribution in [0.15, 0.2) is 30.3 Å². The van der Waals surface area contributed by atoms with Crippen LogP contribution in [-0.4, -0.2) is 39.9 Å². The molecule has 1 unspecified atom stereocenters. The Morgan fingerprint density at radius 1 is 1.33 bits per heavy atom. The van der Waals surface area contributed by atoms with Crippen LogP contribution in [0.25, 0.3) is 0 Å². The van der Waals surface area contributed by atoms with E-state index in [-0.39, 0.29) is 6.61 Å². The van der Waals surface area contributed by atoms with Crippen LogP contribution in [0.4, 0.5) is 4.79 Å². The topological polar surface area (TPSA) is 76.1 Å². The SMILES string of the molecule is C[C@H]1OC(C)(C)N(C(=O)OCc2ccccc2)C1C(=O)O. The van der Waals surface area contributed by atoms with E-state index in [2.05, 4.69) is 0 Å². The Labute approximate surface area is 123 Å². The maximum atomic E-state index is 12.3. The molecule has 6 heteroatoms. The molecule has 1 aromatic rings. The first-order valence-corrected chi connectivity index (χ1v) is 6.73. The molecule has 1 aliphatic rings. The van der Waals surface area contributed by atoms with E-state index in [1.165, 1.54) is 0 Å². The summed E-state index contributed by atoms with van der Waals surface area (Å²) in [5, 5.41) is 9.29. The molecular formula is C15H19NO5. The quantitative estimate of drug-likeness (QED) is 0.925. The van der Waals surface area contributed by atoms with E-state index in [1.54, 1.807) is 20.8 Å². The van der Waals surface area contributed by atoms with Crippen molar-refractivity contribution in [3.63, 3.8) is 0 Å². The van der Waals surface area contributed by atoms with Crippen LogP contribution in [0.5, 0.6) is 0 Å². The van der Waals surface area contributed by atoms with Gasteiger partial charge in [-0.2, -0.15) is 0 Å². The molecule has 0 aromatic heterocycles. The number of hydrogen-bond acceptors (Lipinski definition) is 4. The van der Waals surface area contributed by atoms with E-state index < -0.39 is 29.9 Å². The Bertz CT molecular complexity index is 528. The monoisotopic (exact) mass is 293 g/mol. The van der Waals surface area contributed by atoms with Crippen LogP contribution in [0.1, 0.15) is 26.3 Å². The Kier molecular flexibility index (Phi) is 4.18. The molecule has 0 bridgehead atoms. The van der Waals surface area contributed by atoms with Crippen molar-refractivity contribution >= 4 is 12.1 Å². The number of ether oxygens (including phenoxy) is 2. The maximum absolute atomic E-state index is 12.3. The van der Waals surface area contributed by atoms with Crippen LogP contribution in [-0.2, 0) is 20.9 Å². The highest BCUT2D eigenvalue weighted by Crippen LogP contribution is 2.32. The third kappa shape index (κ3) is 3.16. The van der Waals surface area contributed by atoms with Gasteiger partial charge in [0, 0.05) is 0 Å². The lowest BCUT2D eigenvalue weighted by atomic mass is 10.1. The molecule has 1 amide bonds. The average molecular weight is 293 g/mol. The molecule has 1 aliphatic heterocycles. The number of amides is 1. The van der Waals surface area contributed by atoms with Crippen molar-refractivity contribution in [2.24, 2.45) is 0 Å². The van der Waals surface area contributed by atoms with Crippen molar-refractivity contribution in [2.45, 2.75) is 45.2 Å². The van der Waals surface area contributed by atoms with Crippen molar-refractivity contribution in [1.29, 1.82) is 0 Å². The van der Waals surface area contributed by atoms with E-state index in [0.717, 1.165) is 10.5 Å². The summed E-state index contributed by atoms with van der Waals surface area (Å²) < 4.78 is 10.8. The third-order valence-electron chi connectivity index (χ3n) is 3.43. The number of carboxylic acids is 1. The highest BCUT2D eigenvalue weighted by Gasteiger charge is 2.52. The summed E-state index contributed by atoms with van der Waals surface area (Å²) in [7, 11) is 0. The molecule has 1 fully saturated rings. The fraction of sp³-hybridized carbons (Fsp3) is 0.467. The van der Waals surface area contributed by atoms with Gasteiger partial charge in [0.1, 0.15) is 12.3 Å². The minimum absolute atomic E-state index is 0.0903. The zero-order chi connectivity index (χ0) is 15.6. The molecule has 0 spiro atoms. The van der Waals surface area contributed by atoms with Gasteiger partial charge in [-0.25, -0.2) is 9.59 Å². The second-order valence-electron chi connectivity index (χ2n) is 5.46. The minimum atomic E-state index is -1.11. The second kappa shape index (κ2) is 5.73. The molecule has 2 atom stereocenters. The first-order valence-electron chi connectivity index (χ1n) is 6.73. The van der Waals surface area contributed by atoms with Crippen LogP contribution >= 0.6 is 0 Å². The van der Waals surface area contributed by atoms with Gasteiger partial charge in [0.2, 0.25) is 0 Å². The zero-order valence-electron chi connectivity index (χ0n) is 12.3. The van der Waals surface area contributed by atoms with Gasteiger partial charge in [-0.1, -0.05) is 30.3 Å². The molecule has 0 radical (unpaired) electrons. The first kappa shape index (κ1) is 15.3. The van der Waals surface area contributed by atoms with Gasteiger partial charge in [-0.15, -0.1) is 0 Å². The molecule has 1 N–H and O–H groups in total. The summed E-state index contributed by atoms with van der Waals surface area (Å²) in [6, 6.07) is 8.16. The summed E-state index contributed by atoms with van der Waals surface area (Å²) in [4.78, 5) is 24.8. The Morgan fingerprint density at radius 2 is 1.95 bits per heavy atom. The summed E-state index contributed by atoms with van der Waals surface area (Å²) >= 11 is 0. The summed E-state index contributed by atoms with van der Waals surface area (Å²) in [5.41, 5.74) is -0.181. The predicted molar refractivity (Wildman–Crippen MR) is 74.5 cm³/mol. The van der Waals surface area contributed by atoms with Crippen molar-refractivity contribution < 1.29 is 24.2 Å². The predicted octanol–water partition coefficient (Wildman–Crippen LogP) is 2.23. The normalized spacial score (nSPS) is 23.9. The van der Waals surface area contributed by atoms with Gasteiger partial charge >= 0.3 is 12.1 Å². The van der Waals surface area contributed by atoms with Crippen LogP contribution < -0.4 is 0 Å². The summed E-state index contributed by atoms with van der Waals surface area (Å²) in [5.74, 6) is -1.11. The number of hydrogen-bond donors (Lipinski definition) is 1. The molecular weight excluding hydrogens is 274 g/mol. The van der Waals surface area contributed by atoms with Gasteiger partial charge < -0.3 is 14.6 Å². The largest absolute Gasteiger partial charge is 0.480 e. The van der Waals surface area contributed by atoms with Crippen molar-refractivity contribution in [2.75, 3.05) is 0 Å². The fourth-order valence-electron chi connectivity index (χ4n) is 2.55. The van der Waals surface area contributed by atoms with Gasteiger partial charge in [0.05, 0.1) is 6.10 Å². The first-order chi connectivity index (χ1) is 9.83. The Hall–Kier alpha value is -2.08. The van der Waals surface area contributed by atoms with Gasteiger partial charge in [0.25, 0.3) is 0 Å². The average Bonchev–Trinajstić information content (AvgIpc) is 2.66. The van der Waals surface area contributed by atoms with Gasteiger partial charge in [0.15, 0.2) is 6.04 Å². The van der Waals surface area contributed by atoms with Gasteiger partial charge in [-0.3, -0.25) is 4.90 Å². The Morgan fingerprint density at radius 3 is 2.52 bits per heavy atom. The fourth-order valence-corrected chi connectivity index (χ4v) is 2.55. The lowest BCUT2D eigenvalue weighted by Crippen LogP contribution is -2.51. The van der Waals surface area contributed by atoms with E-state index in [9.17, 15) is 14.7 Å². The molecule has 0 aliphatic carbocycles. The number of nitrogens with zero attached hydrogens (tertiary/aromatic N) is 1. The smallest absolute Gasteiger partial charge is 0.413 e. The van der Waals surface area contributed by atoms with E-state index in [1.807, 2.05) is 30.3 Å². The van der Waals surface area contributed by atoms with Crippen molar-refractivity contribution in [1.82, 2.24) is 4.90 Å². The lowest BCUT2D eigenvalue weighted by Gasteiger charge is -2.31. The second-order valence-corrected chi connectivity index (χ2v) is 5.46. The highest BCUT2D eigenvalue weighted by molar-refractivity contribution is 5.81. The number of benzene rings is 1. The highest BCUT2D eigenvalue weighted by atomic mass is 16.6. The molecule has 21 heavy (non-hydrogen) atoms. The summed E-state index contributed by atoms with van der Waals surface area (Å²) in [6.07, 6.45) is -1.29. The number of rotatable bonds is 3. The maximum Gasteiger partial charge on any atom is 0.413 e. The number of carbonyl (C=O) groups is 2. The molecule has 6 nitrogen and oxygen atoms in total. The lowest BCUT2D eigenvalue weighted by molar-refractivity contribution is -0.143. The van der Waals surface area contributed by atoms with E-state index in [4.69, 9.17) is 9.47 Å². The Balaban J connectivity index is 2.10. The summed E-state index contributed by atoms with van der Waals surface area (Å²) in [6.45, 7) is 5.02. The molecule has 2 rings (SSSR count). The zero-order valence-corrected chi connectivity index (χ0v) is 12.3. The molecule has 1 aromatic carbocycles. The van der Waals surface area contributed by atoms with E-state index in [0.29, 0.717) is 0 Å². The van der Waals surface area contributed by atoms with Crippen molar-refractivity contribution in [3.8, 4) is 0 Å². The standard InChI is InChI=1S/C15H19NO5/c1-10-12(13(17)18)16(15(2,3)21-10)14(19)20-9-11-7-5-4-6-8-11/h4-8,10,12H,9H2,1-3H3,(H,17,18)/t10-,12?/m1/s1. The van der Waals surface area contributed by atoms with E-state index >= 15 is 0 Å². The number of carbonyl (C=O) groups excluding carboxylic acids is 1. The molecule has 0 saturated carbocycles. The van der Waals surface area contributed by atoms with Crippen LogP contribution in [0.3, 0.4) is 0 Å². The molecule has 1 saturated heterocycles. The minimum Gasteiger partial charge on any atom is -0.480 e.